The first-order valence-corrected chi connectivity index (χ1v) is 1.67. The van der Waals surface area contributed by atoms with Gasteiger partial charge in [0.1, 0.15) is 10.8 Å². The third-order valence-corrected chi connectivity index (χ3v) is 0.274. The zero-order valence-corrected chi connectivity index (χ0v) is 4.68. The van der Waals surface area contributed by atoms with E-state index in [0.717, 1.165) is 0 Å². The van der Waals surface area contributed by atoms with E-state index in [1.165, 1.54) is 0 Å². The van der Waals surface area contributed by atoms with Crippen LogP contribution in [-0.2, 0) is 17.1 Å². The molecule has 0 atom stereocenters. The fraction of sp³-hybridized carbons (Fsp3) is 0. The molecule has 0 unspecified atom stereocenters. The molecule has 0 N–H and O–H groups in total. The SMILES string of the molecule is N#CSC#N.[Mn]. The molecule has 0 aromatic carbocycles. The standard InChI is InChI=1S/C2N2S.Mn/c3-1-5-2-4;. The zero-order chi connectivity index (χ0) is 4.12. The number of thiocyanates is 2. The molecule has 0 aliphatic heterocycles. The molecule has 0 saturated carbocycles. The van der Waals surface area contributed by atoms with Crippen molar-refractivity contribution in [2.75, 3.05) is 0 Å². The summed E-state index contributed by atoms with van der Waals surface area (Å²) in [6.07, 6.45) is 0. The van der Waals surface area contributed by atoms with Gasteiger partial charge in [-0.25, -0.2) is 0 Å². The molecule has 0 aliphatic carbocycles. The van der Waals surface area contributed by atoms with E-state index in [1.807, 2.05) is 0 Å². The second kappa shape index (κ2) is 8.85. The molecule has 0 spiro atoms. The molecule has 0 saturated heterocycles. The third-order valence-electron chi connectivity index (χ3n) is 0.0913. The van der Waals surface area contributed by atoms with Crippen LogP contribution in [0.15, 0.2) is 0 Å². The molecule has 0 aromatic heterocycles. The molecule has 31 valence electrons. The molecular weight excluding hydrogens is 139 g/mol. The Bertz CT molecular complexity index is 76.7. The van der Waals surface area contributed by atoms with Crippen LogP contribution in [0, 0.1) is 21.3 Å². The average molecular weight is 139 g/mol. The van der Waals surface area contributed by atoms with Gasteiger partial charge < -0.3 is 0 Å². The molecule has 2 nitrogen and oxygen atoms in total. The van der Waals surface area contributed by atoms with Gasteiger partial charge in [0.25, 0.3) is 0 Å². The summed E-state index contributed by atoms with van der Waals surface area (Å²) < 4.78 is 0. The van der Waals surface area contributed by atoms with E-state index in [0.29, 0.717) is 11.8 Å². The summed E-state index contributed by atoms with van der Waals surface area (Å²) in [5, 5.41) is 18.3. The van der Waals surface area contributed by atoms with E-state index in [4.69, 9.17) is 10.5 Å². The van der Waals surface area contributed by atoms with Crippen LogP contribution in [0.25, 0.3) is 0 Å². The molecule has 6 heavy (non-hydrogen) atoms. The molecule has 0 bridgehead atoms. The molecule has 0 aromatic rings. The van der Waals surface area contributed by atoms with Gasteiger partial charge in [0.2, 0.25) is 0 Å². The minimum absolute atomic E-state index is 0. The van der Waals surface area contributed by atoms with E-state index < -0.39 is 0 Å². The van der Waals surface area contributed by atoms with Crippen LogP contribution in [0.4, 0.5) is 0 Å². The van der Waals surface area contributed by atoms with Crippen molar-refractivity contribution in [3.05, 3.63) is 0 Å². The summed E-state index contributed by atoms with van der Waals surface area (Å²) in [5.74, 6) is 0. The van der Waals surface area contributed by atoms with Crippen molar-refractivity contribution in [3.63, 3.8) is 0 Å². The average Bonchev–Trinajstić information content (AvgIpc) is 1.41. The van der Waals surface area contributed by atoms with E-state index in [9.17, 15) is 0 Å². The van der Waals surface area contributed by atoms with E-state index in [2.05, 4.69) is 0 Å². The van der Waals surface area contributed by atoms with Crippen molar-refractivity contribution in [3.8, 4) is 10.8 Å². The Morgan fingerprint density at radius 1 is 1.17 bits per heavy atom. The van der Waals surface area contributed by atoms with Gasteiger partial charge in [-0.1, -0.05) is 0 Å². The van der Waals surface area contributed by atoms with Gasteiger partial charge in [0.15, 0.2) is 0 Å². The smallest absolute Gasteiger partial charge is 0.149 e. The fourth-order valence-corrected chi connectivity index (χ4v) is 0.0612. The first-order chi connectivity index (χ1) is 2.41. The molecule has 0 aliphatic rings. The van der Waals surface area contributed by atoms with Gasteiger partial charge in [0.05, 0.1) is 11.8 Å². The fourth-order valence-electron chi connectivity index (χ4n) is 0.0204. The van der Waals surface area contributed by atoms with Crippen LogP contribution in [0.3, 0.4) is 0 Å². The van der Waals surface area contributed by atoms with Gasteiger partial charge in [-0.3, -0.25) is 0 Å². The predicted octanol–water partition coefficient (Wildman–Crippen LogP) is 0.679. The van der Waals surface area contributed by atoms with Crippen LogP contribution >= 0.6 is 11.8 Å². The van der Waals surface area contributed by atoms with E-state index in [-0.39, 0.29) is 17.1 Å². The zero-order valence-electron chi connectivity index (χ0n) is 2.68. The second-order valence-electron chi connectivity index (χ2n) is 0.285. The molecular formula is C2MnN2S. The summed E-state index contributed by atoms with van der Waals surface area (Å²) in [7, 11) is 0. The maximum atomic E-state index is 7.56. The van der Waals surface area contributed by atoms with Crippen LogP contribution in [0.5, 0.6) is 0 Å². The Balaban J connectivity index is 0. The van der Waals surface area contributed by atoms with E-state index in [1.54, 1.807) is 10.8 Å². The Morgan fingerprint density at radius 2 is 1.50 bits per heavy atom. The quantitative estimate of drug-likeness (QED) is 0.366. The van der Waals surface area contributed by atoms with Crippen molar-refractivity contribution < 1.29 is 17.1 Å². The van der Waals surface area contributed by atoms with Gasteiger partial charge in [-0.15, -0.1) is 0 Å². The van der Waals surface area contributed by atoms with Crippen LogP contribution in [0.1, 0.15) is 0 Å². The minimum Gasteiger partial charge on any atom is -0.184 e. The number of rotatable bonds is 0. The summed E-state index contributed by atoms with van der Waals surface area (Å²) in [4.78, 5) is 0. The number of nitriles is 2. The largest absolute Gasteiger partial charge is 0.184 e. The maximum absolute atomic E-state index is 7.56. The van der Waals surface area contributed by atoms with Gasteiger partial charge in [0, 0.05) is 17.1 Å². The van der Waals surface area contributed by atoms with Gasteiger partial charge >= 0.3 is 0 Å². The molecule has 0 fully saturated rings. The third kappa shape index (κ3) is 9.14. The number of nitrogens with zero attached hydrogens (tertiary/aromatic N) is 2. The molecule has 0 heterocycles. The summed E-state index contributed by atoms with van der Waals surface area (Å²) in [6, 6.07) is 0. The van der Waals surface area contributed by atoms with Gasteiger partial charge in [-0.05, 0) is 0 Å². The van der Waals surface area contributed by atoms with Crippen molar-refractivity contribution in [2.24, 2.45) is 0 Å². The van der Waals surface area contributed by atoms with Crippen molar-refractivity contribution in [1.82, 2.24) is 0 Å². The Kier molecular flexibility index (Phi) is 13.7. The monoisotopic (exact) mass is 139 g/mol. The summed E-state index contributed by atoms with van der Waals surface area (Å²) in [5.41, 5.74) is 0. The predicted molar refractivity (Wildman–Crippen MR) is 18.8 cm³/mol. The number of thioether (sulfide) groups is 1. The summed E-state index contributed by atoms with van der Waals surface area (Å²) in [6.45, 7) is 0. The molecule has 1 radical (unpaired) electrons. The maximum Gasteiger partial charge on any atom is 0.149 e. The molecule has 0 amide bonds. The minimum atomic E-state index is 0. The van der Waals surface area contributed by atoms with Crippen molar-refractivity contribution in [1.29, 1.82) is 10.5 Å². The van der Waals surface area contributed by atoms with Crippen molar-refractivity contribution in [2.45, 2.75) is 0 Å². The van der Waals surface area contributed by atoms with Crippen LogP contribution < -0.4 is 0 Å². The van der Waals surface area contributed by atoms with Crippen molar-refractivity contribution >= 4 is 11.8 Å². The normalized spacial score (nSPS) is 3.67. The summed E-state index contributed by atoms with van der Waals surface area (Å²) >= 11 is 0.574. The first kappa shape index (κ1) is 9.28. The Labute approximate surface area is 50.6 Å². The second-order valence-corrected chi connectivity index (χ2v) is 0.854. The Hall–Kier alpha value is -0.151. The number of hydrogen-bond acceptors (Lipinski definition) is 3. The van der Waals surface area contributed by atoms with Gasteiger partial charge in [-0.2, -0.15) is 10.5 Å². The molecule has 0 rings (SSSR count). The van der Waals surface area contributed by atoms with Crippen LogP contribution in [-0.4, -0.2) is 0 Å². The molecule has 4 heteroatoms. The first-order valence-electron chi connectivity index (χ1n) is 0.855. The Morgan fingerprint density at radius 3 is 1.50 bits per heavy atom. The van der Waals surface area contributed by atoms with E-state index >= 15 is 0 Å². The topological polar surface area (TPSA) is 47.6 Å². The van der Waals surface area contributed by atoms with Crippen LogP contribution in [0.2, 0.25) is 0 Å². The number of hydrogen-bond donors (Lipinski definition) is 0.